The fourth-order valence-electron chi connectivity index (χ4n) is 2.97. The molecule has 0 spiro atoms. The molecule has 0 fully saturated rings. The van der Waals surface area contributed by atoms with E-state index in [1.807, 2.05) is 37.3 Å². The lowest BCUT2D eigenvalue weighted by Gasteiger charge is -2.10. The van der Waals surface area contributed by atoms with E-state index in [-0.39, 0.29) is 11.4 Å². The van der Waals surface area contributed by atoms with Crippen LogP contribution >= 0.6 is 0 Å². The summed E-state index contributed by atoms with van der Waals surface area (Å²) in [6.45, 7) is 4.19. The maximum Gasteiger partial charge on any atom is 0.416 e. The quantitative estimate of drug-likeness (QED) is 0.651. The smallest absolute Gasteiger partial charge is 0.265 e. The number of hydrogen-bond acceptors (Lipinski definition) is 3. The summed E-state index contributed by atoms with van der Waals surface area (Å²) in [6, 6.07) is 13.1. The van der Waals surface area contributed by atoms with E-state index in [1.165, 1.54) is 0 Å². The van der Waals surface area contributed by atoms with E-state index in [1.54, 1.807) is 11.6 Å². The minimum atomic E-state index is -4.52. The Hall–Kier alpha value is -2.65. The van der Waals surface area contributed by atoms with Crippen molar-refractivity contribution in [3.8, 4) is 0 Å². The predicted octanol–water partition coefficient (Wildman–Crippen LogP) is 4.05. The van der Waals surface area contributed by atoms with Crippen LogP contribution in [0.5, 0.6) is 0 Å². The Labute approximate surface area is 167 Å². The van der Waals surface area contributed by atoms with Gasteiger partial charge in [-0.25, -0.2) is 13.1 Å². The number of hydrogen-bond donors (Lipinski definition) is 1. The molecule has 0 saturated carbocycles. The van der Waals surface area contributed by atoms with Crippen molar-refractivity contribution in [2.24, 2.45) is 0 Å². The molecule has 0 aliphatic carbocycles. The molecule has 5 nitrogen and oxygen atoms in total. The Bertz CT molecular complexity index is 1090. The second-order valence-electron chi connectivity index (χ2n) is 6.64. The van der Waals surface area contributed by atoms with Gasteiger partial charge in [0, 0.05) is 17.8 Å². The van der Waals surface area contributed by atoms with Crippen LogP contribution in [-0.4, -0.2) is 18.2 Å². The molecular weight excluding hydrogens is 403 g/mol. The van der Waals surface area contributed by atoms with Crippen molar-refractivity contribution in [1.29, 1.82) is 0 Å². The number of aryl methyl sites for hydroxylation is 1. The van der Waals surface area contributed by atoms with Crippen LogP contribution in [0, 0.1) is 13.8 Å². The number of alkyl halides is 3. The van der Waals surface area contributed by atoms with Crippen molar-refractivity contribution in [2.45, 2.75) is 38.0 Å². The first-order chi connectivity index (χ1) is 13.6. The second kappa shape index (κ2) is 8.00. The molecule has 0 bridgehead atoms. The Morgan fingerprint density at radius 3 is 2.21 bits per heavy atom. The molecule has 0 saturated heterocycles. The molecule has 0 atom stereocenters. The number of halogens is 3. The number of nitrogens with one attached hydrogen (secondary N) is 1. The summed E-state index contributed by atoms with van der Waals surface area (Å²) < 4.78 is 67.2. The molecule has 9 heteroatoms. The zero-order valence-corrected chi connectivity index (χ0v) is 16.7. The number of aromatic nitrogens is 2. The van der Waals surface area contributed by atoms with Gasteiger partial charge in [0.25, 0.3) is 0 Å². The van der Waals surface area contributed by atoms with E-state index >= 15 is 0 Å². The summed E-state index contributed by atoms with van der Waals surface area (Å²) >= 11 is 0. The van der Waals surface area contributed by atoms with Crippen LogP contribution in [0.4, 0.5) is 13.2 Å². The van der Waals surface area contributed by atoms with E-state index < -0.39 is 21.8 Å². The molecule has 1 heterocycles. The highest BCUT2D eigenvalue weighted by molar-refractivity contribution is 7.89. The molecule has 1 N–H and O–H groups in total. The zero-order valence-electron chi connectivity index (χ0n) is 15.9. The van der Waals surface area contributed by atoms with Gasteiger partial charge < -0.3 is 0 Å². The lowest BCUT2D eigenvalue weighted by Crippen LogP contribution is -2.24. The SMILES string of the molecule is Cc1nn(Cc2ccccc2)c(C)c1CNS(=O)(=O)c1ccc(C(F)(F)F)cc1. The van der Waals surface area contributed by atoms with E-state index in [0.717, 1.165) is 41.1 Å². The fourth-order valence-corrected chi connectivity index (χ4v) is 3.97. The Balaban J connectivity index is 1.75. The lowest BCUT2D eigenvalue weighted by molar-refractivity contribution is -0.137. The third kappa shape index (κ3) is 4.86. The minimum absolute atomic E-state index is 0.00415. The molecule has 0 aliphatic heterocycles. The predicted molar refractivity (Wildman–Crippen MR) is 103 cm³/mol. The molecule has 3 rings (SSSR count). The highest BCUT2D eigenvalue weighted by Crippen LogP contribution is 2.29. The number of rotatable bonds is 6. The summed E-state index contributed by atoms with van der Waals surface area (Å²) in [5.41, 5.74) is 2.41. The number of sulfonamides is 1. The third-order valence-electron chi connectivity index (χ3n) is 4.64. The molecule has 0 amide bonds. The topological polar surface area (TPSA) is 64.0 Å². The largest absolute Gasteiger partial charge is 0.416 e. The molecular formula is C20H20F3N3O2S. The van der Waals surface area contributed by atoms with Crippen LogP contribution in [0.1, 0.15) is 28.1 Å². The van der Waals surface area contributed by atoms with Gasteiger partial charge in [0.2, 0.25) is 10.0 Å². The lowest BCUT2D eigenvalue weighted by atomic mass is 10.2. The van der Waals surface area contributed by atoms with Gasteiger partial charge in [-0.1, -0.05) is 30.3 Å². The van der Waals surface area contributed by atoms with E-state index in [2.05, 4.69) is 9.82 Å². The Kier molecular flexibility index (Phi) is 5.81. The molecule has 0 radical (unpaired) electrons. The minimum Gasteiger partial charge on any atom is -0.265 e. The first-order valence-electron chi connectivity index (χ1n) is 8.81. The standard InChI is InChI=1S/C20H20F3N3O2S/c1-14-19(15(2)26(25-14)13-16-6-4-3-5-7-16)12-24-29(27,28)18-10-8-17(9-11-18)20(21,22)23/h3-11,24H,12-13H2,1-2H3. The normalized spacial score (nSPS) is 12.3. The van der Waals surface area contributed by atoms with Crippen molar-refractivity contribution in [2.75, 3.05) is 0 Å². The summed E-state index contributed by atoms with van der Waals surface area (Å²) in [5.74, 6) is 0. The number of nitrogens with zero attached hydrogens (tertiary/aromatic N) is 2. The van der Waals surface area contributed by atoms with Gasteiger partial charge in [0.1, 0.15) is 0 Å². The Morgan fingerprint density at radius 1 is 1.00 bits per heavy atom. The maximum atomic E-state index is 12.7. The van der Waals surface area contributed by atoms with Gasteiger partial charge in [-0.3, -0.25) is 4.68 Å². The van der Waals surface area contributed by atoms with Crippen LogP contribution in [0.2, 0.25) is 0 Å². The molecule has 3 aromatic rings. The summed E-state index contributed by atoms with van der Waals surface area (Å²) in [6.07, 6.45) is -4.52. The van der Waals surface area contributed by atoms with Gasteiger partial charge in [0.05, 0.1) is 22.7 Å². The molecule has 154 valence electrons. The molecule has 2 aromatic carbocycles. The van der Waals surface area contributed by atoms with Crippen molar-refractivity contribution in [3.05, 3.63) is 82.7 Å². The maximum absolute atomic E-state index is 12.7. The van der Waals surface area contributed by atoms with E-state index in [9.17, 15) is 21.6 Å². The van der Waals surface area contributed by atoms with Gasteiger partial charge in [-0.05, 0) is 43.7 Å². The first kappa shape index (κ1) is 21.1. The van der Waals surface area contributed by atoms with Gasteiger partial charge in [-0.15, -0.1) is 0 Å². The molecule has 0 aliphatic rings. The second-order valence-corrected chi connectivity index (χ2v) is 8.41. The monoisotopic (exact) mass is 423 g/mol. The van der Waals surface area contributed by atoms with Crippen LogP contribution < -0.4 is 4.72 Å². The van der Waals surface area contributed by atoms with Crippen molar-refractivity contribution >= 4 is 10.0 Å². The summed E-state index contributed by atoms with van der Waals surface area (Å²) in [7, 11) is -3.96. The Morgan fingerprint density at radius 2 is 1.62 bits per heavy atom. The summed E-state index contributed by atoms with van der Waals surface area (Å²) in [5, 5.41) is 4.47. The average Bonchev–Trinajstić information content (AvgIpc) is 2.93. The first-order valence-corrected chi connectivity index (χ1v) is 10.3. The third-order valence-corrected chi connectivity index (χ3v) is 6.05. The van der Waals surface area contributed by atoms with Crippen LogP contribution in [0.15, 0.2) is 59.5 Å². The van der Waals surface area contributed by atoms with Crippen LogP contribution in [0.25, 0.3) is 0 Å². The summed E-state index contributed by atoms with van der Waals surface area (Å²) in [4.78, 5) is -0.225. The van der Waals surface area contributed by atoms with Crippen LogP contribution in [-0.2, 0) is 29.3 Å². The van der Waals surface area contributed by atoms with Crippen LogP contribution in [0.3, 0.4) is 0 Å². The van der Waals surface area contributed by atoms with Crippen molar-refractivity contribution in [3.63, 3.8) is 0 Å². The number of benzene rings is 2. The molecule has 0 unspecified atom stereocenters. The molecule has 29 heavy (non-hydrogen) atoms. The zero-order chi connectivity index (χ0) is 21.2. The average molecular weight is 423 g/mol. The van der Waals surface area contributed by atoms with Gasteiger partial charge in [0.15, 0.2) is 0 Å². The highest BCUT2D eigenvalue weighted by Gasteiger charge is 2.30. The van der Waals surface area contributed by atoms with Crippen molar-refractivity contribution < 1.29 is 21.6 Å². The van der Waals surface area contributed by atoms with Gasteiger partial charge in [-0.2, -0.15) is 18.3 Å². The van der Waals surface area contributed by atoms with E-state index in [0.29, 0.717) is 12.2 Å². The van der Waals surface area contributed by atoms with Gasteiger partial charge >= 0.3 is 6.18 Å². The van der Waals surface area contributed by atoms with Crippen molar-refractivity contribution in [1.82, 2.24) is 14.5 Å². The highest BCUT2D eigenvalue weighted by atomic mass is 32.2. The fraction of sp³-hybridized carbons (Fsp3) is 0.250. The molecule has 1 aromatic heterocycles. The van der Waals surface area contributed by atoms with E-state index in [4.69, 9.17) is 0 Å².